The van der Waals surface area contributed by atoms with Gasteiger partial charge in [0.1, 0.15) is 0 Å². The SMILES string of the molecule is CCCC[Si](CCCC)(CCCC)O[C@@H](C)C1CCCC1. The molecular formula is C19H40OSi. The standard InChI is InChI=1S/C19H40OSi/c1-5-8-15-21(16-9-6-2,17-10-7-3)20-18(4)19-13-11-12-14-19/h18-19H,5-17H2,1-4H3/t18-/m0/s1. The van der Waals surface area contributed by atoms with E-state index in [0.29, 0.717) is 6.10 Å². The summed E-state index contributed by atoms with van der Waals surface area (Å²) in [7, 11) is -1.49. The summed E-state index contributed by atoms with van der Waals surface area (Å²) >= 11 is 0. The summed E-state index contributed by atoms with van der Waals surface area (Å²) in [5, 5.41) is 0. The monoisotopic (exact) mass is 312 g/mol. The highest BCUT2D eigenvalue weighted by atomic mass is 28.4. The normalized spacial score (nSPS) is 18.3. The Kier molecular flexibility index (Phi) is 9.91. The quantitative estimate of drug-likeness (QED) is 0.355. The molecule has 0 aromatic carbocycles. The molecule has 0 radical (unpaired) electrons. The van der Waals surface area contributed by atoms with Crippen LogP contribution in [0.25, 0.3) is 0 Å². The summed E-state index contributed by atoms with van der Waals surface area (Å²) in [4.78, 5) is 0. The van der Waals surface area contributed by atoms with E-state index in [0.717, 1.165) is 5.92 Å². The smallest absolute Gasteiger partial charge is 0.193 e. The molecular weight excluding hydrogens is 272 g/mol. The van der Waals surface area contributed by atoms with Crippen LogP contribution in [-0.4, -0.2) is 14.4 Å². The molecule has 0 amide bonds. The highest BCUT2D eigenvalue weighted by molar-refractivity contribution is 6.73. The minimum atomic E-state index is -1.49. The van der Waals surface area contributed by atoms with Crippen LogP contribution in [0.5, 0.6) is 0 Å². The van der Waals surface area contributed by atoms with Gasteiger partial charge in [-0.2, -0.15) is 0 Å². The van der Waals surface area contributed by atoms with Crippen molar-refractivity contribution in [2.24, 2.45) is 5.92 Å². The maximum atomic E-state index is 6.97. The van der Waals surface area contributed by atoms with Gasteiger partial charge in [-0.15, -0.1) is 0 Å². The van der Waals surface area contributed by atoms with Gasteiger partial charge >= 0.3 is 0 Å². The molecule has 0 aliphatic heterocycles. The Morgan fingerprint density at radius 2 is 1.29 bits per heavy atom. The van der Waals surface area contributed by atoms with Crippen molar-refractivity contribution in [3.05, 3.63) is 0 Å². The van der Waals surface area contributed by atoms with E-state index in [-0.39, 0.29) is 0 Å². The first-order valence-electron chi connectivity index (χ1n) is 9.85. The number of rotatable bonds is 12. The molecule has 0 aromatic heterocycles. The fourth-order valence-corrected chi connectivity index (χ4v) is 9.04. The van der Waals surface area contributed by atoms with Crippen LogP contribution in [0.1, 0.15) is 91.9 Å². The van der Waals surface area contributed by atoms with E-state index in [2.05, 4.69) is 27.7 Å². The van der Waals surface area contributed by atoms with Crippen LogP contribution in [0, 0.1) is 5.92 Å². The van der Waals surface area contributed by atoms with Crippen molar-refractivity contribution in [2.45, 2.75) is 116 Å². The summed E-state index contributed by atoms with van der Waals surface area (Å²) in [6.07, 6.45) is 14.4. The zero-order valence-corrected chi connectivity index (χ0v) is 16.3. The molecule has 1 nitrogen and oxygen atoms in total. The maximum absolute atomic E-state index is 6.97. The molecule has 1 rings (SSSR count). The summed E-state index contributed by atoms with van der Waals surface area (Å²) in [5.41, 5.74) is 0. The first-order valence-corrected chi connectivity index (χ1v) is 12.4. The second kappa shape index (κ2) is 10.8. The molecule has 2 heteroatoms. The van der Waals surface area contributed by atoms with Gasteiger partial charge in [-0.05, 0) is 43.8 Å². The van der Waals surface area contributed by atoms with Crippen LogP contribution in [0.2, 0.25) is 18.1 Å². The van der Waals surface area contributed by atoms with Crippen LogP contribution < -0.4 is 0 Å². The summed E-state index contributed by atoms with van der Waals surface area (Å²) in [5.74, 6) is 0.863. The van der Waals surface area contributed by atoms with Gasteiger partial charge in [-0.1, -0.05) is 72.1 Å². The highest BCUT2D eigenvalue weighted by Crippen LogP contribution is 2.36. The third kappa shape index (κ3) is 6.86. The average molecular weight is 313 g/mol. The van der Waals surface area contributed by atoms with E-state index in [1.165, 1.54) is 82.3 Å². The van der Waals surface area contributed by atoms with Crippen molar-refractivity contribution in [1.29, 1.82) is 0 Å². The lowest BCUT2D eigenvalue weighted by Crippen LogP contribution is -2.42. The van der Waals surface area contributed by atoms with E-state index in [4.69, 9.17) is 4.43 Å². The Morgan fingerprint density at radius 3 is 1.67 bits per heavy atom. The van der Waals surface area contributed by atoms with Crippen LogP contribution in [0.4, 0.5) is 0 Å². The molecule has 1 atom stereocenters. The van der Waals surface area contributed by atoms with Crippen molar-refractivity contribution < 1.29 is 4.43 Å². The van der Waals surface area contributed by atoms with Gasteiger partial charge in [0.05, 0.1) is 0 Å². The van der Waals surface area contributed by atoms with E-state index in [1.54, 1.807) is 0 Å². The molecule has 21 heavy (non-hydrogen) atoms. The molecule has 1 aliphatic carbocycles. The molecule has 1 saturated carbocycles. The second-order valence-corrected chi connectivity index (χ2v) is 11.5. The molecule has 0 N–H and O–H groups in total. The van der Waals surface area contributed by atoms with Crippen molar-refractivity contribution >= 4 is 8.32 Å². The maximum Gasteiger partial charge on any atom is 0.193 e. The number of hydrogen-bond acceptors (Lipinski definition) is 1. The molecule has 0 spiro atoms. The minimum absolute atomic E-state index is 0.532. The molecule has 0 unspecified atom stereocenters. The Hall–Kier alpha value is 0.177. The molecule has 126 valence electrons. The van der Waals surface area contributed by atoms with Crippen molar-refractivity contribution in [3.8, 4) is 0 Å². The zero-order valence-electron chi connectivity index (χ0n) is 15.3. The Labute approximate surface area is 135 Å². The zero-order chi connectivity index (χ0) is 15.6. The van der Waals surface area contributed by atoms with Crippen molar-refractivity contribution in [3.63, 3.8) is 0 Å². The topological polar surface area (TPSA) is 9.23 Å². The van der Waals surface area contributed by atoms with Crippen LogP contribution in [0.3, 0.4) is 0 Å². The number of unbranched alkanes of at least 4 members (excludes halogenated alkanes) is 3. The minimum Gasteiger partial charge on any atom is -0.414 e. The van der Waals surface area contributed by atoms with Gasteiger partial charge in [-0.3, -0.25) is 0 Å². The lowest BCUT2D eigenvalue weighted by molar-refractivity contribution is 0.139. The van der Waals surface area contributed by atoms with Crippen LogP contribution in [-0.2, 0) is 4.43 Å². The summed E-state index contributed by atoms with van der Waals surface area (Å²) in [6.45, 7) is 9.39. The first-order chi connectivity index (χ1) is 10.2. The molecule has 0 bridgehead atoms. The number of hydrogen-bond donors (Lipinski definition) is 0. The van der Waals surface area contributed by atoms with Crippen LogP contribution in [0.15, 0.2) is 0 Å². The lowest BCUT2D eigenvalue weighted by atomic mass is 10.0. The van der Waals surface area contributed by atoms with Gasteiger partial charge in [0.2, 0.25) is 0 Å². The molecule has 1 aliphatic rings. The summed E-state index contributed by atoms with van der Waals surface area (Å²) < 4.78 is 6.97. The van der Waals surface area contributed by atoms with E-state index in [1.807, 2.05) is 0 Å². The van der Waals surface area contributed by atoms with Crippen molar-refractivity contribution in [2.75, 3.05) is 0 Å². The lowest BCUT2D eigenvalue weighted by Gasteiger charge is -2.37. The van der Waals surface area contributed by atoms with Crippen LogP contribution >= 0.6 is 0 Å². The van der Waals surface area contributed by atoms with Gasteiger partial charge in [0.15, 0.2) is 8.32 Å². The fraction of sp³-hybridized carbons (Fsp3) is 1.00. The molecule has 0 heterocycles. The Bertz CT molecular complexity index is 226. The van der Waals surface area contributed by atoms with Crippen molar-refractivity contribution in [1.82, 2.24) is 0 Å². The van der Waals surface area contributed by atoms with Gasteiger partial charge < -0.3 is 4.43 Å². The Balaban J connectivity index is 2.68. The third-order valence-corrected chi connectivity index (χ3v) is 10.1. The fourth-order valence-electron chi connectivity index (χ4n) is 3.97. The van der Waals surface area contributed by atoms with Gasteiger partial charge in [-0.25, -0.2) is 0 Å². The molecule has 1 fully saturated rings. The first kappa shape index (κ1) is 19.2. The second-order valence-electron chi connectivity index (χ2n) is 7.36. The van der Waals surface area contributed by atoms with E-state index >= 15 is 0 Å². The predicted octanol–water partition coefficient (Wildman–Crippen LogP) is 6.93. The van der Waals surface area contributed by atoms with Gasteiger partial charge in [0.25, 0.3) is 0 Å². The summed E-state index contributed by atoms with van der Waals surface area (Å²) in [6, 6.07) is 4.25. The van der Waals surface area contributed by atoms with E-state index < -0.39 is 8.32 Å². The van der Waals surface area contributed by atoms with E-state index in [9.17, 15) is 0 Å². The largest absolute Gasteiger partial charge is 0.414 e. The molecule has 0 saturated heterocycles. The average Bonchev–Trinajstić information content (AvgIpc) is 3.03. The highest BCUT2D eigenvalue weighted by Gasteiger charge is 2.36. The Morgan fingerprint density at radius 1 is 0.857 bits per heavy atom. The predicted molar refractivity (Wildman–Crippen MR) is 97.4 cm³/mol. The molecule has 0 aromatic rings. The van der Waals surface area contributed by atoms with Gasteiger partial charge in [0, 0.05) is 6.10 Å². The third-order valence-electron chi connectivity index (χ3n) is 5.46.